The van der Waals surface area contributed by atoms with Crippen molar-refractivity contribution < 1.29 is 0 Å². The standard InChI is InChI=1S/C17H21N/c1-4-13(3)16-7-6-8-17(18-16)15-11-9-14(5-2)10-12-15/h5-13,16,18H,2,4H2,1,3H3. The molecule has 1 aliphatic rings. The lowest BCUT2D eigenvalue weighted by Gasteiger charge is -2.26. The molecule has 0 aromatic heterocycles. The van der Waals surface area contributed by atoms with Gasteiger partial charge in [0.25, 0.3) is 0 Å². The minimum Gasteiger partial charge on any atom is -0.378 e. The van der Waals surface area contributed by atoms with Crippen molar-refractivity contribution in [3.8, 4) is 0 Å². The average Bonchev–Trinajstić information content (AvgIpc) is 2.46. The molecule has 0 saturated heterocycles. The molecule has 1 aliphatic heterocycles. The Morgan fingerprint density at radius 2 is 2.06 bits per heavy atom. The van der Waals surface area contributed by atoms with Gasteiger partial charge in [0, 0.05) is 11.7 Å². The molecule has 94 valence electrons. The van der Waals surface area contributed by atoms with Gasteiger partial charge in [0.1, 0.15) is 0 Å². The summed E-state index contributed by atoms with van der Waals surface area (Å²) >= 11 is 0. The van der Waals surface area contributed by atoms with Crippen molar-refractivity contribution in [3.63, 3.8) is 0 Å². The van der Waals surface area contributed by atoms with Crippen molar-refractivity contribution in [2.45, 2.75) is 26.3 Å². The SMILES string of the molecule is C=Cc1ccc(C2=CC=CC(C(C)CC)N2)cc1. The van der Waals surface area contributed by atoms with E-state index in [2.05, 4.69) is 68.2 Å². The molecule has 2 unspecified atom stereocenters. The Bertz CT molecular complexity index is 465. The smallest absolute Gasteiger partial charge is 0.0473 e. The zero-order chi connectivity index (χ0) is 13.0. The number of nitrogens with one attached hydrogen (secondary N) is 1. The predicted molar refractivity (Wildman–Crippen MR) is 80.0 cm³/mol. The van der Waals surface area contributed by atoms with Gasteiger partial charge in [-0.1, -0.05) is 69.3 Å². The Labute approximate surface area is 110 Å². The highest BCUT2D eigenvalue weighted by Gasteiger charge is 2.16. The van der Waals surface area contributed by atoms with E-state index in [0.29, 0.717) is 12.0 Å². The van der Waals surface area contributed by atoms with Crippen LogP contribution in [0.25, 0.3) is 11.8 Å². The normalized spacial score (nSPS) is 19.9. The number of dihydropyridines is 1. The van der Waals surface area contributed by atoms with Crippen LogP contribution in [0.5, 0.6) is 0 Å². The van der Waals surface area contributed by atoms with Crippen LogP contribution in [0.2, 0.25) is 0 Å². The zero-order valence-electron chi connectivity index (χ0n) is 11.2. The van der Waals surface area contributed by atoms with Crippen LogP contribution in [-0.2, 0) is 0 Å². The van der Waals surface area contributed by atoms with Gasteiger partial charge in [0.15, 0.2) is 0 Å². The molecule has 0 aliphatic carbocycles. The summed E-state index contributed by atoms with van der Waals surface area (Å²) in [6, 6.07) is 8.92. The van der Waals surface area contributed by atoms with Crippen LogP contribution in [0.4, 0.5) is 0 Å². The van der Waals surface area contributed by atoms with Crippen molar-refractivity contribution in [2.75, 3.05) is 0 Å². The molecule has 1 aromatic carbocycles. The molecule has 1 heterocycles. The first kappa shape index (κ1) is 12.7. The lowest BCUT2D eigenvalue weighted by Crippen LogP contribution is -2.33. The van der Waals surface area contributed by atoms with Gasteiger partial charge >= 0.3 is 0 Å². The van der Waals surface area contributed by atoms with Crippen LogP contribution in [0.3, 0.4) is 0 Å². The van der Waals surface area contributed by atoms with Gasteiger partial charge in [-0.3, -0.25) is 0 Å². The van der Waals surface area contributed by atoms with Crippen LogP contribution in [0.15, 0.2) is 49.1 Å². The summed E-state index contributed by atoms with van der Waals surface area (Å²) in [6.45, 7) is 8.29. The second-order valence-corrected chi connectivity index (χ2v) is 4.85. The maximum Gasteiger partial charge on any atom is 0.0473 e. The molecule has 2 rings (SSSR count). The van der Waals surface area contributed by atoms with Gasteiger partial charge in [0.2, 0.25) is 0 Å². The molecule has 1 aromatic rings. The lowest BCUT2D eigenvalue weighted by molar-refractivity contribution is 0.464. The predicted octanol–water partition coefficient (Wildman–Crippen LogP) is 4.24. The van der Waals surface area contributed by atoms with Crippen LogP contribution in [-0.4, -0.2) is 6.04 Å². The number of allylic oxidation sites excluding steroid dienone is 2. The van der Waals surface area contributed by atoms with Crippen LogP contribution in [0.1, 0.15) is 31.4 Å². The monoisotopic (exact) mass is 239 g/mol. The van der Waals surface area contributed by atoms with Crippen molar-refractivity contribution >= 4 is 11.8 Å². The fraction of sp³-hybridized carbons (Fsp3) is 0.294. The molecular formula is C17H21N. The minimum absolute atomic E-state index is 0.439. The number of hydrogen-bond acceptors (Lipinski definition) is 1. The third-order valence-electron chi connectivity index (χ3n) is 3.62. The van der Waals surface area contributed by atoms with Gasteiger partial charge < -0.3 is 5.32 Å². The van der Waals surface area contributed by atoms with E-state index in [4.69, 9.17) is 0 Å². The molecule has 0 amide bonds. The molecule has 0 saturated carbocycles. The average molecular weight is 239 g/mol. The molecular weight excluding hydrogens is 218 g/mol. The fourth-order valence-electron chi connectivity index (χ4n) is 2.11. The first-order valence-corrected chi connectivity index (χ1v) is 6.62. The molecule has 1 N–H and O–H groups in total. The molecule has 0 bridgehead atoms. The number of benzene rings is 1. The van der Waals surface area contributed by atoms with Gasteiger partial charge in [-0.15, -0.1) is 0 Å². The van der Waals surface area contributed by atoms with E-state index in [-0.39, 0.29) is 0 Å². The highest BCUT2D eigenvalue weighted by atomic mass is 14.9. The Hall–Kier alpha value is -1.76. The Morgan fingerprint density at radius 3 is 2.67 bits per heavy atom. The largest absolute Gasteiger partial charge is 0.378 e. The first-order chi connectivity index (χ1) is 8.74. The van der Waals surface area contributed by atoms with E-state index in [1.165, 1.54) is 17.7 Å². The molecule has 1 heteroatoms. The van der Waals surface area contributed by atoms with E-state index in [1.54, 1.807) is 0 Å². The lowest BCUT2D eigenvalue weighted by atomic mass is 9.95. The quantitative estimate of drug-likeness (QED) is 0.828. The zero-order valence-corrected chi connectivity index (χ0v) is 11.2. The molecule has 0 spiro atoms. The highest BCUT2D eigenvalue weighted by molar-refractivity contribution is 5.68. The molecule has 18 heavy (non-hydrogen) atoms. The summed E-state index contributed by atoms with van der Waals surface area (Å²) in [5.74, 6) is 0.650. The summed E-state index contributed by atoms with van der Waals surface area (Å²) in [5, 5.41) is 3.61. The summed E-state index contributed by atoms with van der Waals surface area (Å²) < 4.78 is 0. The Morgan fingerprint density at radius 1 is 1.33 bits per heavy atom. The maximum absolute atomic E-state index is 3.78. The van der Waals surface area contributed by atoms with E-state index >= 15 is 0 Å². The second-order valence-electron chi connectivity index (χ2n) is 4.85. The Balaban J connectivity index is 2.16. The third kappa shape index (κ3) is 2.73. The molecule has 2 atom stereocenters. The molecule has 1 nitrogen and oxygen atoms in total. The van der Waals surface area contributed by atoms with Crippen LogP contribution in [0, 0.1) is 5.92 Å². The number of hydrogen-bond donors (Lipinski definition) is 1. The van der Waals surface area contributed by atoms with E-state index < -0.39 is 0 Å². The molecule has 0 fully saturated rings. The summed E-state index contributed by atoms with van der Waals surface area (Å²) in [7, 11) is 0. The van der Waals surface area contributed by atoms with E-state index in [0.717, 1.165) is 5.56 Å². The Kier molecular flexibility index (Phi) is 4.03. The van der Waals surface area contributed by atoms with Gasteiger partial charge in [-0.2, -0.15) is 0 Å². The highest BCUT2D eigenvalue weighted by Crippen LogP contribution is 2.20. The number of rotatable bonds is 4. The van der Waals surface area contributed by atoms with E-state index in [1.807, 2.05) is 6.08 Å². The van der Waals surface area contributed by atoms with Crippen LogP contribution < -0.4 is 5.32 Å². The topological polar surface area (TPSA) is 12.0 Å². The van der Waals surface area contributed by atoms with Gasteiger partial charge in [0.05, 0.1) is 0 Å². The summed E-state index contributed by atoms with van der Waals surface area (Å²) in [4.78, 5) is 0. The minimum atomic E-state index is 0.439. The van der Waals surface area contributed by atoms with Crippen molar-refractivity contribution in [1.29, 1.82) is 0 Å². The van der Waals surface area contributed by atoms with Gasteiger partial charge in [-0.25, -0.2) is 0 Å². The third-order valence-corrected chi connectivity index (χ3v) is 3.62. The summed E-state index contributed by atoms with van der Waals surface area (Å²) in [6.07, 6.45) is 9.60. The fourth-order valence-corrected chi connectivity index (χ4v) is 2.11. The second kappa shape index (κ2) is 5.72. The first-order valence-electron chi connectivity index (χ1n) is 6.62. The van der Waals surface area contributed by atoms with Crippen molar-refractivity contribution in [3.05, 3.63) is 60.2 Å². The maximum atomic E-state index is 3.78. The summed E-state index contributed by atoms with van der Waals surface area (Å²) in [5.41, 5.74) is 3.60. The van der Waals surface area contributed by atoms with Crippen molar-refractivity contribution in [2.24, 2.45) is 5.92 Å². The van der Waals surface area contributed by atoms with E-state index in [9.17, 15) is 0 Å². The van der Waals surface area contributed by atoms with Gasteiger partial charge in [-0.05, 0) is 23.1 Å². The van der Waals surface area contributed by atoms with Crippen LogP contribution >= 0.6 is 0 Å². The molecule has 0 radical (unpaired) electrons. The van der Waals surface area contributed by atoms with Crippen molar-refractivity contribution in [1.82, 2.24) is 5.32 Å².